The number of hydrogen-bond acceptors (Lipinski definition) is 9. The third-order valence-corrected chi connectivity index (χ3v) is 11.8. The van der Waals surface area contributed by atoms with Gasteiger partial charge in [-0.1, -0.05) is 65.7 Å². The molecule has 0 bridgehead atoms. The van der Waals surface area contributed by atoms with Crippen LogP contribution >= 0.6 is 34.5 Å². The maximum absolute atomic E-state index is 12.0. The van der Waals surface area contributed by atoms with Gasteiger partial charge in [0.2, 0.25) is 5.52 Å². The molecule has 1 unspecified atom stereocenters. The van der Waals surface area contributed by atoms with Crippen LogP contribution in [0.4, 0.5) is 11.4 Å². The molecule has 0 spiro atoms. The highest BCUT2D eigenvalue weighted by molar-refractivity contribution is 7.86. The molecule has 0 saturated carbocycles. The Labute approximate surface area is 283 Å². The van der Waals surface area contributed by atoms with Crippen molar-refractivity contribution in [1.29, 1.82) is 0 Å². The Morgan fingerprint density at radius 2 is 1.65 bits per heavy atom. The number of aromatic nitrogens is 1. The molecule has 4 aromatic rings. The summed E-state index contributed by atoms with van der Waals surface area (Å²) in [5, 5.41) is 2.57. The fraction of sp³-hybridized carbons (Fsp3) is 0.344. The second-order valence-corrected chi connectivity index (χ2v) is 16.4. The SMILES string of the molecule is CCC(=C/c1sc2ccc3ccccc3c2[n+]1CCCCS(=O)(=O)[O-])/C=C1/N(CC)c2cc(Cl)c(Cl)cc2N1CC(C)S(=O)(=O)[O-]. The predicted molar refractivity (Wildman–Crippen MR) is 186 cm³/mol. The van der Waals surface area contributed by atoms with Gasteiger partial charge in [-0.2, -0.15) is 4.57 Å². The molecular weight excluding hydrogens is 689 g/mol. The highest BCUT2D eigenvalue weighted by Gasteiger charge is 2.33. The van der Waals surface area contributed by atoms with E-state index in [2.05, 4.69) is 28.8 Å². The van der Waals surface area contributed by atoms with Crippen LogP contribution in [0.25, 0.3) is 27.1 Å². The predicted octanol–water partition coefficient (Wildman–Crippen LogP) is 6.89. The van der Waals surface area contributed by atoms with Gasteiger partial charge >= 0.3 is 0 Å². The number of halogens is 2. The number of nitrogens with zero attached hydrogens (tertiary/aromatic N) is 3. The molecule has 1 aliphatic heterocycles. The Kier molecular flexibility index (Phi) is 10.4. The first-order valence-corrected chi connectivity index (χ1v) is 19.5. The lowest BCUT2D eigenvalue weighted by molar-refractivity contribution is -0.668. The Morgan fingerprint density at radius 3 is 2.28 bits per heavy atom. The summed E-state index contributed by atoms with van der Waals surface area (Å²) in [4.78, 5) is 3.82. The Bertz CT molecular complexity index is 2080. The first kappa shape index (κ1) is 34.6. The molecule has 5 rings (SSSR count). The van der Waals surface area contributed by atoms with Crippen LogP contribution in [0, 0.1) is 0 Å². The molecule has 1 aromatic heterocycles. The number of benzene rings is 3. The van der Waals surface area contributed by atoms with Crippen LogP contribution in [0.1, 0.15) is 45.0 Å². The molecule has 0 fully saturated rings. The van der Waals surface area contributed by atoms with E-state index >= 15 is 0 Å². The largest absolute Gasteiger partial charge is 0.748 e. The highest BCUT2D eigenvalue weighted by Crippen LogP contribution is 2.46. The summed E-state index contributed by atoms with van der Waals surface area (Å²) >= 11 is 14.4. The minimum absolute atomic E-state index is 0.0758. The normalized spacial score (nSPS) is 15.8. The summed E-state index contributed by atoms with van der Waals surface area (Å²) in [6, 6.07) is 15.7. The van der Waals surface area contributed by atoms with E-state index in [1.54, 1.807) is 28.4 Å². The van der Waals surface area contributed by atoms with E-state index in [-0.39, 0.29) is 13.0 Å². The maximum atomic E-state index is 12.0. The quantitative estimate of drug-likeness (QED) is 0.0880. The van der Waals surface area contributed by atoms with Crippen molar-refractivity contribution in [2.45, 2.75) is 51.8 Å². The second-order valence-electron chi connectivity index (χ2n) is 11.2. The van der Waals surface area contributed by atoms with Crippen molar-refractivity contribution in [3.8, 4) is 0 Å². The van der Waals surface area contributed by atoms with Gasteiger partial charge in [0.25, 0.3) is 5.01 Å². The monoisotopic (exact) mass is 722 g/mol. The number of unbranched alkanes of at least 4 members (excludes halogenated alkanes) is 1. The number of aryl methyl sites for hydroxylation is 1. The van der Waals surface area contributed by atoms with Crippen LogP contribution in [0.15, 0.2) is 66.0 Å². The summed E-state index contributed by atoms with van der Waals surface area (Å²) in [6.45, 7) is 6.37. The molecule has 1 atom stereocenters. The van der Waals surface area contributed by atoms with Gasteiger partial charge in [-0.3, -0.25) is 0 Å². The molecule has 0 N–H and O–H groups in total. The Balaban J connectivity index is 1.64. The minimum atomic E-state index is -4.57. The fourth-order valence-electron chi connectivity index (χ4n) is 5.70. The number of fused-ring (bicyclic) bond motifs is 4. The zero-order valence-electron chi connectivity index (χ0n) is 25.6. The summed E-state index contributed by atoms with van der Waals surface area (Å²) in [5.74, 6) is 0.279. The average Bonchev–Trinajstić information content (AvgIpc) is 3.48. The lowest BCUT2D eigenvalue weighted by Gasteiger charge is -2.28. The molecule has 0 aliphatic carbocycles. The van der Waals surface area contributed by atoms with Gasteiger partial charge < -0.3 is 18.9 Å². The van der Waals surface area contributed by atoms with Gasteiger partial charge in [0.05, 0.1) is 52.3 Å². The van der Waals surface area contributed by atoms with Crippen molar-refractivity contribution >= 4 is 93.2 Å². The van der Waals surface area contributed by atoms with E-state index in [0.717, 1.165) is 37.3 Å². The lowest BCUT2D eigenvalue weighted by atomic mass is 10.1. The molecule has 3 aromatic carbocycles. The zero-order chi connectivity index (χ0) is 33.4. The van der Waals surface area contributed by atoms with E-state index in [1.807, 2.05) is 43.0 Å². The van der Waals surface area contributed by atoms with Gasteiger partial charge in [-0.05, 0) is 68.0 Å². The van der Waals surface area contributed by atoms with E-state index in [0.29, 0.717) is 47.5 Å². The number of thiazole rings is 1. The van der Waals surface area contributed by atoms with Crippen molar-refractivity contribution in [2.24, 2.45) is 0 Å². The topological polar surface area (TPSA) is 125 Å². The summed E-state index contributed by atoms with van der Waals surface area (Å²) in [5.41, 5.74) is 3.38. The molecule has 14 heteroatoms. The van der Waals surface area contributed by atoms with Crippen LogP contribution < -0.4 is 14.4 Å². The molecule has 2 heterocycles. The van der Waals surface area contributed by atoms with Crippen LogP contribution in [-0.2, 0) is 26.8 Å². The molecule has 9 nitrogen and oxygen atoms in total. The van der Waals surface area contributed by atoms with Crippen molar-refractivity contribution < 1.29 is 30.5 Å². The van der Waals surface area contributed by atoms with E-state index in [9.17, 15) is 25.9 Å². The first-order chi connectivity index (χ1) is 21.7. The van der Waals surface area contributed by atoms with Crippen molar-refractivity contribution in [2.75, 3.05) is 28.6 Å². The number of rotatable bonds is 12. The third kappa shape index (κ3) is 7.38. The van der Waals surface area contributed by atoms with Crippen molar-refractivity contribution in [3.63, 3.8) is 0 Å². The van der Waals surface area contributed by atoms with Crippen LogP contribution in [-0.4, -0.2) is 50.0 Å². The third-order valence-electron chi connectivity index (χ3n) is 8.07. The van der Waals surface area contributed by atoms with Gasteiger partial charge in [-0.15, -0.1) is 0 Å². The second kappa shape index (κ2) is 13.8. The van der Waals surface area contributed by atoms with Crippen LogP contribution in [0.5, 0.6) is 0 Å². The fourth-order valence-corrected chi connectivity index (χ4v) is 8.09. The highest BCUT2D eigenvalue weighted by atomic mass is 35.5. The Morgan fingerprint density at radius 1 is 0.978 bits per heavy atom. The average molecular weight is 724 g/mol. The van der Waals surface area contributed by atoms with E-state index in [4.69, 9.17) is 23.2 Å². The standard InChI is InChI=1S/C32H35Cl2N3O6S3/c1-4-22(16-30-35(5-2)27-18-25(33)26(34)19-28(27)37(30)20-21(3)46(41,42)43)17-31-36(14-8-9-15-45(38,39)40)32-24-11-7-6-10-23(24)12-13-29(32)44-31/h6-7,10-13,16-19,21H,4-5,8-9,14-15,20H2,1-3H3,(H-,38,39,40,41,42,43)/p-1. The minimum Gasteiger partial charge on any atom is -0.748 e. The molecule has 0 amide bonds. The van der Waals surface area contributed by atoms with Crippen molar-refractivity contribution in [3.05, 3.63) is 81.1 Å². The van der Waals surface area contributed by atoms with Crippen LogP contribution in [0.2, 0.25) is 10.0 Å². The molecule has 0 saturated heterocycles. The van der Waals surface area contributed by atoms with E-state index < -0.39 is 31.2 Å². The number of allylic oxidation sites excluding steroid dienone is 2. The lowest BCUT2D eigenvalue weighted by Crippen LogP contribution is -2.36. The van der Waals surface area contributed by atoms with Gasteiger partial charge in [0, 0.05) is 31.3 Å². The molecule has 246 valence electrons. The van der Waals surface area contributed by atoms with Crippen molar-refractivity contribution in [1.82, 2.24) is 0 Å². The number of hydrogen-bond donors (Lipinski definition) is 0. The zero-order valence-corrected chi connectivity index (χ0v) is 29.5. The molecule has 0 radical (unpaired) electrons. The summed E-state index contributed by atoms with van der Waals surface area (Å²) in [7, 11) is -8.88. The summed E-state index contributed by atoms with van der Waals surface area (Å²) in [6.07, 6.45) is 5.46. The van der Waals surface area contributed by atoms with E-state index in [1.165, 1.54) is 6.92 Å². The van der Waals surface area contributed by atoms with Gasteiger partial charge in [0.1, 0.15) is 10.5 Å². The first-order valence-electron chi connectivity index (χ1n) is 14.9. The summed E-state index contributed by atoms with van der Waals surface area (Å²) < 4.78 is 73.0. The smallest absolute Gasteiger partial charge is 0.263 e. The van der Waals surface area contributed by atoms with Gasteiger partial charge in [0.15, 0.2) is 6.54 Å². The molecule has 1 aliphatic rings. The van der Waals surface area contributed by atoms with Crippen LogP contribution in [0.3, 0.4) is 0 Å². The molecular formula is C32H34Cl2N3O6S3-. The number of anilines is 2. The van der Waals surface area contributed by atoms with Gasteiger partial charge in [-0.25, -0.2) is 16.8 Å². The maximum Gasteiger partial charge on any atom is 0.263 e. The molecule has 46 heavy (non-hydrogen) atoms. The Hall–Kier alpha value is -2.71.